The van der Waals surface area contributed by atoms with E-state index in [4.69, 9.17) is 13.8 Å². The summed E-state index contributed by atoms with van der Waals surface area (Å²) in [6.07, 6.45) is 48.8. The fourth-order valence-corrected chi connectivity index (χ4v) is 8.42. The minimum Gasteiger partial charge on any atom is -0.456 e. The topological polar surface area (TPSA) is 111 Å². The van der Waals surface area contributed by atoms with Gasteiger partial charge in [-0.05, 0) is 51.0 Å². The van der Waals surface area contributed by atoms with Gasteiger partial charge in [0.05, 0.1) is 33.8 Å². The van der Waals surface area contributed by atoms with E-state index in [1.165, 1.54) is 135 Å². The summed E-state index contributed by atoms with van der Waals surface area (Å²) in [7, 11) is 1.50. The van der Waals surface area contributed by atoms with Crippen LogP contribution in [0, 0.1) is 0 Å². The summed E-state index contributed by atoms with van der Waals surface area (Å²) in [5.41, 5.74) is 0. The lowest BCUT2D eigenvalue weighted by Crippen LogP contribution is -2.47. The average Bonchev–Trinajstić information content (AvgIpc) is 3.23. The van der Waals surface area contributed by atoms with E-state index in [-0.39, 0.29) is 25.1 Å². The molecule has 0 rings (SSSR count). The van der Waals surface area contributed by atoms with Gasteiger partial charge in [0.2, 0.25) is 5.91 Å². The molecule has 1 amide bonds. The number of hydrogen-bond donors (Lipinski definition) is 2. The summed E-state index contributed by atoms with van der Waals surface area (Å²) in [6.45, 7) is 6.97. The van der Waals surface area contributed by atoms with Crippen LogP contribution in [0.1, 0.15) is 252 Å². The van der Waals surface area contributed by atoms with Crippen LogP contribution < -0.4 is 5.32 Å². The van der Waals surface area contributed by atoms with E-state index in [9.17, 15) is 19.0 Å². The Morgan fingerprint density at radius 3 is 1.40 bits per heavy atom. The zero-order valence-corrected chi connectivity index (χ0v) is 43.2. The van der Waals surface area contributed by atoms with Crippen LogP contribution in [0.2, 0.25) is 0 Å². The number of quaternary nitrogens is 1. The maximum atomic E-state index is 13.4. The van der Waals surface area contributed by atoms with Crippen LogP contribution in [0.3, 0.4) is 0 Å². The molecule has 3 atom stereocenters. The monoisotopic (exact) mass is 912 g/mol. The third-order valence-electron chi connectivity index (χ3n) is 11.9. The highest BCUT2D eigenvalue weighted by Gasteiger charge is 2.30. The number of nitrogens with one attached hydrogen (secondary N) is 1. The van der Waals surface area contributed by atoms with E-state index < -0.39 is 20.0 Å². The Labute approximate surface area is 390 Å². The molecular formula is C53H104N2O7P+. The summed E-state index contributed by atoms with van der Waals surface area (Å²) in [5.74, 6) is -0.509. The molecule has 3 unspecified atom stereocenters. The molecule has 0 spiro atoms. The van der Waals surface area contributed by atoms with E-state index >= 15 is 0 Å². The summed E-state index contributed by atoms with van der Waals surface area (Å²) >= 11 is 0. The molecule has 0 aromatic heterocycles. The molecule has 63 heavy (non-hydrogen) atoms. The molecule has 0 aromatic rings. The molecule has 0 aliphatic carbocycles. The molecule has 0 radical (unpaired) electrons. The smallest absolute Gasteiger partial charge is 0.456 e. The Bertz CT molecular complexity index is 1140. The van der Waals surface area contributed by atoms with Crippen LogP contribution in [0.25, 0.3) is 0 Å². The van der Waals surface area contributed by atoms with Crippen molar-refractivity contribution in [1.29, 1.82) is 0 Å². The molecule has 0 heterocycles. The zero-order chi connectivity index (χ0) is 46.5. The standard InChI is InChI=1S/C53H103N2O7P/c1-7-10-13-16-19-22-25-26-27-28-31-34-37-40-43-46-53(57)62-51(44-41-38-35-32-29-23-20-17-14-11-8-2)50(49-61-63(58,59)60-48-47-55(4,5)6)54-52(56)45-42-39-36-33-30-24-21-18-15-12-9-3/h18,21,41,44,50-51H,7-17,19-20,22-40,42-43,45-49H2,1-6H3,(H-,54,56,58,59)/p+1/b21-18-,44-41+. The van der Waals surface area contributed by atoms with Crippen molar-refractivity contribution in [3.05, 3.63) is 24.3 Å². The van der Waals surface area contributed by atoms with Crippen LogP contribution in [0.4, 0.5) is 0 Å². The van der Waals surface area contributed by atoms with Crippen molar-refractivity contribution in [3.8, 4) is 0 Å². The number of amides is 1. The van der Waals surface area contributed by atoms with Crippen LogP contribution in [-0.4, -0.2) is 74.3 Å². The molecule has 0 bridgehead atoms. The molecule has 372 valence electrons. The lowest BCUT2D eigenvalue weighted by molar-refractivity contribution is -0.870. The number of esters is 1. The molecule has 0 aliphatic rings. The number of unbranched alkanes of at least 4 members (excludes halogenated alkanes) is 30. The first-order valence-corrected chi connectivity index (χ1v) is 28.2. The summed E-state index contributed by atoms with van der Waals surface area (Å²) in [6, 6.07) is -0.844. The second-order valence-electron chi connectivity index (χ2n) is 19.4. The molecule has 0 aromatic carbocycles. The van der Waals surface area contributed by atoms with Gasteiger partial charge in [-0.2, -0.15) is 0 Å². The minimum atomic E-state index is -4.43. The van der Waals surface area contributed by atoms with E-state index in [0.717, 1.165) is 83.5 Å². The van der Waals surface area contributed by atoms with E-state index in [0.29, 0.717) is 23.9 Å². The normalized spacial score (nSPS) is 14.1. The molecule has 9 nitrogen and oxygen atoms in total. The molecule has 10 heteroatoms. The SMILES string of the molecule is CCCC/C=C\CCCCCCCC(=O)NC(COP(=O)(O)OCC[N+](C)(C)C)C(/C=C/CCCCCCCCCCC)OC(=O)CCCCCCCCCCCCCCCCC. The van der Waals surface area contributed by atoms with E-state index in [1.54, 1.807) is 0 Å². The first kappa shape index (κ1) is 61.5. The summed E-state index contributed by atoms with van der Waals surface area (Å²) < 4.78 is 30.5. The van der Waals surface area contributed by atoms with Gasteiger partial charge in [-0.3, -0.25) is 18.6 Å². The lowest BCUT2D eigenvalue weighted by atomic mass is 10.0. The Balaban J connectivity index is 5.36. The third-order valence-corrected chi connectivity index (χ3v) is 12.9. The maximum absolute atomic E-state index is 13.4. The lowest BCUT2D eigenvalue weighted by Gasteiger charge is -2.27. The first-order chi connectivity index (χ1) is 30.4. The molecule has 0 fully saturated rings. The van der Waals surface area contributed by atoms with Gasteiger partial charge in [-0.15, -0.1) is 0 Å². The van der Waals surface area contributed by atoms with Crippen molar-refractivity contribution in [2.45, 2.75) is 264 Å². The maximum Gasteiger partial charge on any atom is 0.472 e. The number of carbonyl (C=O) groups is 2. The van der Waals surface area contributed by atoms with Crippen molar-refractivity contribution >= 4 is 19.7 Å². The van der Waals surface area contributed by atoms with Gasteiger partial charge in [0.1, 0.15) is 19.3 Å². The number of allylic oxidation sites excluding steroid dienone is 3. The highest BCUT2D eigenvalue weighted by atomic mass is 31.2. The number of carbonyl (C=O) groups excluding carboxylic acids is 2. The summed E-state index contributed by atoms with van der Waals surface area (Å²) in [5, 5.41) is 3.03. The van der Waals surface area contributed by atoms with Gasteiger partial charge in [0.25, 0.3) is 0 Å². The average molecular weight is 912 g/mol. The molecule has 0 saturated heterocycles. The van der Waals surface area contributed by atoms with Crippen LogP contribution in [0.15, 0.2) is 24.3 Å². The number of rotatable bonds is 48. The summed E-state index contributed by atoms with van der Waals surface area (Å²) in [4.78, 5) is 37.4. The molecular weight excluding hydrogens is 808 g/mol. The van der Waals surface area contributed by atoms with E-state index in [1.807, 2.05) is 33.3 Å². The van der Waals surface area contributed by atoms with Gasteiger partial charge in [-0.25, -0.2) is 4.57 Å². The van der Waals surface area contributed by atoms with Crippen LogP contribution in [0.5, 0.6) is 0 Å². The van der Waals surface area contributed by atoms with Crippen molar-refractivity contribution in [3.63, 3.8) is 0 Å². The van der Waals surface area contributed by atoms with Crippen molar-refractivity contribution in [2.75, 3.05) is 40.9 Å². The van der Waals surface area contributed by atoms with Crippen molar-refractivity contribution < 1.29 is 37.3 Å². The van der Waals surface area contributed by atoms with Gasteiger partial charge in [0, 0.05) is 12.8 Å². The Hall–Kier alpha value is -1.51. The Kier molecular flexibility index (Phi) is 43.3. The van der Waals surface area contributed by atoms with Gasteiger partial charge >= 0.3 is 13.8 Å². The van der Waals surface area contributed by atoms with Crippen LogP contribution in [-0.2, 0) is 27.9 Å². The Morgan fingerprint density at radius 1 is 0.540 bits per heavy atom. The predicted octanol–water partition coefficient (Wildman–Crippen LogP) is 15.4. The largest absolute Gasteiger partial charge is 0.472 e. The quantitative estimate of drug-likeness (QED) is 0.0206. The molecule has 0 saturated carbocycles. The molecule has 2 N–H and O–H groups in total. The number of hydrogen-bond acceptors (Lipinski definition) is 6. The fourth-order valence-electron chi connectivity index (χ4n) is 7.69. The Morgan fingerprint density at radius 2 is 0.937 bits per heavy atom. The number of phosphoric ester groups is 1. The second kappa shape index (κ2) is 44.3. The predicted molar refractivity (Wildman–Crippen MR) is 268 cm³/mol. The van der Waals surface area contributed by atoms with Gasteiger partial charge < -0.3 is 19.4 Å². The number of phosphoric acid groups is 1. The molecule has 0 aliphatic heterocycles. The second-order valence-corrected chi connectivity index (χ2v) is 20.9. The highest BCUT2D eigenvalue weighted by molar-refractivity contribution is 7.47. The fraction of sp³-hybridized carbons (Fsp3) is 0.887. The van der Waals surface area contributed by atoms with Crippen molar-refractivity contribution in [2.24, 2.45) is 0 Å². The third kappa shape index (κ3) is 45.4. The number of ether oxygens (including phenoxy) is 1. The highest BCUT2D eigenvalue weighted by Crippen LogP contribution is 2.43. The minimum absolute atomic E-state index is 0.0414. The van der Waals surface area contributed by atoms with Gasteiger partial charge in [0.15, 0.2) is 0 Å². The first-order valence-electron chi connectivity index (χ1n) is 26.7. The zero-order valence-electron chi connectivity index (χ0n) is 42.3. The van der Waals surface area contributed by atoms with Gasteiger partial charge in [-0.1, -0.05) is 212 Å². The van der Waals surface area contributed by atoms with Crippen molar-refractivity contribution in [1.82, 2.24) is 5.32 Å². The van der Waals surface area contributed by atoms with E-state index in [2.05, 4.69) is 38.2 Å². The number of likely N-dealkylation sites (N-methyl/N-ethyl adjacent to an activating group) is 1. The number of nitrogens with zero attached hydrogens (tertiary/aromatic N) is 1. The van der Waals surface area contributed by atoms with Crippen LogP contribution >= 0.6 is 7.82 Å².